The van der Waals surface area contributed by atoms with Gasteiger partial charge in [0.1, 0.15) is 0 Å². The van der Waals surface area contributed by atoms with Crippen molar-refractivity contribution in [2.24, 2.45) is 11.8 Å². The first kappa shape index (κ1) is 16.5. The molecule has 0 aliphatic heterocycles. The van der Waals surface area contributed by atoms with E-state index >= 15 is 0 Å². The molecule has 5 heteroatoms. The van der Waals surface area contributed by atoms with Gasteiger partial charge in [-0.1, -0.05) is 0 Å². The Hall–Kier alpha value is -1.91. The van der Waals surface area contributed by atoms with E-state index in [-0.39, 0.29) is 23.3 Å². The van der Waals surface area contributed by atoms with Crippen molar-refractivity contribution in [3.05, 3.63) is 24.5 Å². The number of anilines is 1. The van der Waals surface area contributed by atoms with Crippen LogP contribution in [0.4, 0.5) is 5.69 Å². The molecule has 0 aromatic carbocycles. The van der Waals surface area contributed by atoms with Crippen LogP contribution in [0.5, 0.6) is 0 Å². The summed E-state index contributed by atoms with van der Waals surface area (Å²) >= 11 is 0. The summed E-state index contributed by atoms with van der Waals surface area (Å²) < 4.78 is 0. The third-order valence-electron chi connectivity index (χ3n) is 4.56. The topological polar surface area (TPSA) is 71.1 Å². The molecule has 1 aliphatic carbocycles. The van der Waals surface area contributed by atoms with Gasteiger partial charge in [-0.2, -0.15) is 0 Å². The van der Waals surface area contributed by atoms with Crippen molar-refractivity contribution in [1.29, 1.82) is 0 Å². The number of nitrogens with one attached hydrogen (secondary N) is 2. The number of pyridine rings is 1. The lowest BCUT2D eigenvalue weighted by Crippen LogP contribution is -2.49. The Morgan fingerprint density at radius 2 is 1.73 bits per heavy atom. The first-order valence-corrected chi connectivity index (χ1v) is 7.88. The lowest BCUT2D eigenvalue weighted by atomic mass is 9.73. The minimum Gasteiger partial charge on any atom is -0.351 e. The van der Waals surface area contributed by atoms with Crippen LogP contribution in [0.1, 0.15) is 46.5 Å². The summed E-state index contributed by atoms with van der Waals surface area (Å²) in [4.78, 5) is 27.5. The van der Waals surface area contributed by atoms with E-state index < -0.39 is 0 Å². The van der Waals surface area contributed by atoms with E-state index in [2.05, 4.69) is 29.5 Å². The highest BCUT2D eigenvalue weighted by molar-refractivity contribution is 5.92. The predicted octanol–water partition coefficient (Wildman–Crippen LogP) is 2.74. The van der Waals surface area contributed by atoms with Gasteiger partial charge in [0.25, 0.3) is 0 Å². The number of carbonyl (C=O) groups excluding carboxylic acids is 2. The molecule has 0 spiro atoms. The first-order chi connectivity index (χ1) is 10.4. The zero-order valence-electron chi connectivity index (χ0n) is 13.6. The molecule has 1 aliphatic rings. The van der Waals surface area contributed by atoms with Gasteiger partial charge in [-0.3, -0.25) is 14.6 Å². The minimum absolute atomic E-state index is 0.00236. The molecule has 2 amide bonds. The fourth-order valence-electron chi connectivity index (χ4n) is 3.31. The van der Waals surface area contributed by atoms with Gasteiger partial charge < -0.3 is 10.6 Å². The number of hydrogen-bond acceptors (Lipinski definition) is 3. The molecule has 0 unspecified atom stereocenters. The molecule has 120 valence electrons. The second-order valence-electron chi connectivity index (χ2n) is 6.68. The Balaban J connectivity index is 1.86. The van der Waals surface area contributed by atoms with E-state index in [4.69, 9.17) is 0 Å². The summed E-state index contributed by atoms with van der Waals surface area (Å²) in [5, 5.41) is 5.98. The molecule has 0 bridgehead atoms. The van der Waals surface area contributed by atoms with Crippen molar-refractivity contribution in [3.8, 4) is 0 Å². The van der Waals surface area contributed by atoms with Gasteiger partial charge in [0, 0.05) is 36.5 Å². The van der Waals surface area contributed by atoms with Gasteiger partial charge >= 0.3 is 0 Å². The zero-order valence-corrected chi connectivity index (χ0v) is 13.6. The maximum Gasteiger partial charge on any atom is 0.227 e. The van der Waals surface area contributed by atoms with Crippen molar-refractivity contribution >= 4 is 17.5 Å². The lowest BCUT2D eigenvalue weighted by molar-refractivity contribution is -0.123. The second-order valence-corrected chi connectivity index (χ2v) is 6.68. The van der Waals surface area contributed by atoms with E-state index in [1.165, 1.54) is 0 Å². The molecule has 1 saturated carbocycles. The number of aromatic nitrogens is 1. The van der Waals surface area contributed by atoms with E-state index in [1.54, 1.807) is 31.5 Å². The van der Waals surface area contributed by atoms with Gasteiger partial charge in [-0.05, 0) is 57.6 Å². The molecular formula is C17H25N3O2. The maximum absolute atomic E-state index is 12.3. The largest absolute Gasteiger partial charge is 0.351 e. The average Bonchev–Trinajstić information content (AvgIpc) is 2.47. The maximum atomic E-state index is 12.3. The molecule has 0 saturated heterocycles. The van der Waals surface area contributed by atoms with Crippen LogP contribution in [0.3, 0.4) is 0 Å². The Morgan fingerprint density at radius 3 is 2.27 bits per heavy atom. The number of hydrogen-bond donors (Lipinski definition) is 2. The van der Waals surface area contributed by atoms with Gasteiger partial charge in [0.05, 0.1) is 0 Å². The monoisotopic (exact) mass is 303 g/mol. The SMILES string of the molecule is CC(=O)NC(C)(C)C1CCC(C(=O)Nc2ccncc2)CC1. The van der Waals surface area contributed by atoms with Crippen LogP contribution in [-0.2, 0) is 9.59 Å². The molecule has 0 atom stereocenters. The molecule has 22 heavy (non-hydrogen) atoms. The Kier molecular flexibility index (Phi) is 5.16. The van der Waals surface area contributed by atoms with Gasteiger partial charge in [0.2, 0.25) is 11.8 Å². The Morgan fingerprint density at radius 1 is 1.14 bits per heavy atom. The molecule has 1 aromatic rings. The van der Waals surface area contributed by atoms with Gasteiger partial charge in [0.15, 0.2) is 0 Å². The Bertz CT molecular complexity index is 520. The minimum atomic E-state index is -0.210. The van der Waals surface area contributed by atoms with E-state index in [9.17, 15) is 9.59 Å². The Labute approximate surface area is 131 Å². The van der Waals surface area contributed by atoms with Crippen molar-refractivity contribution < 1.29 is 9.59 Å². The molecule has 1 fully saturated rings. The summed E-state index contributed by atoms with van der Waals surface area (Å²) in [6.07, 6.45) is 6.99. The van der Waals surface area contributed by atoms with Crippen LogP contribution in [0.2, 0.25) is 0 Å². The summed E-state index contributed by atoms with van der Waals surface area (Å²) in [6, 6.07) is 3.59. The fraction of sp³-hybridized carbons (Fsp3) is 0.588. The molecule has 2 N–H and O–H groups in total. The fourth-order valence-corrected chi connectivity index (χ4v) is 3.31. The zero-order chi connectivity index (χ0) is 16.2. The van der Waals surface area contributed by atoms with Crippen LogP contribution in [-0.4, -0.2) is 22.3 Å². The number of rotatable bonds is 4. The molecule has 0 radical (unpaired) electrons. The highest BCUT2D eigenvalue weighted by Crippen LogP contribution is 2.35. The molecule has 1 aromatic heterocycles. The summed E-state index contributed by atoms with van der Waals surface area (Å²) in [5.41, 5.74) is 0.582. The normalized spacial score (nSPS) is 22.0. The molecule has 2 rings (SSSR count). The number of carbonyl (C=O) groups is 2. The van der Waals surface area contributed by atoms with Crippen LogP contribution in [0.15, 0.2) is 24.5 Å². The number of nitrogens with zero attached hydrogens (tertiary/aromatic N) is 1. The molecular weight excluding hydrogens is 278 g/mol. The average molecular weight is 303 g/mol. The third kappa shape index (κ3) is 4.29. The summed E-state index contributed by atoms with van der Waals surface area (Å²) in [5.74, 6) is 0.559. The highest BCUT2D eigenvalue weighted by Gasteiger charge is 2.35. The van der Waals surface area contributed by atoms with Crippen LogP contribution >= 0.6 is 0 Å². The van der Waals surface area contributed by atoms with Gasteiger partial charge in [-0.25, -0.2) is 0 Å². The van der Waals surface area contributed by atoms with Gasteiger partial charge in [-0.15, -0.1) is 0 Å². The highest BCUT2D eigenvalue weighted by atomic mass is 16.2. The molecule has 5 nitrogen and oxygen atoms in total. The predicted molar refractivity (Wildman–Crippen MR) is 86.2 cm³/mol. The quantitative estimate of drug-likeness (QED) is 0.898. The lowest BCUT2D eigenvalue weighted by Gasteiger charge is -2.39. The summed E-state index contributed by atoms with van der Waals surface area (Å²) in [6.45, 7) is 5.68. The van der Waals surface area contributed by atoms with Crippen LogP contribution in [0, 0.1) is 11.8 Å². The van der Waals surface area contributed by atoms with Crippen LogP contribution in [0.25, 0.3) is 0 Å². The van der Waals surface area contributed by atoms with Crippen molar-refractivity contribution in [1.82, 2.24) is 10.3 Å². The second kappa shape index (κ2) is 6.90. The van der Waals surface area contributed by atoms with Crippen molar-refractivity contribution in [2.45, 2.75) is 52.0 Å². The third-order valence-corrected chi connectivity index (χ3v) is 4.56. The number of amides is 2. The van der Waals surface area contributed by atoms with Crippen molar-refractivity contribution in [3.63, 3.8) is 0 Å². The smallest absolute Gasteiger partial charge is 0.227 e. The van der Waals surface area contributed by atoms with E-state index in [0.29, 0.717) is 5.92 Å². The van der Waals surface area contributed by atoms with E-state index in [0.717, 1.165) is 31.4 Å². The first-order valence-electron chi connectivity index (χ1n) is 7.88. The standard InChI is InChI=1S/C17H25N3O2/c1-12(21)20-17(2,3)14-6-4-13(5-7-14)16(22)19-15-8-10-18-11-9-15/h8-11,13-14H,4-7H2,1-3H3,(H,20,21)(H,18,19,22). The molecule has 1 heterocycles. The van der Waals surface area contributed by atoms with Crippen LogP contribution < -0.4 is 10.6 Å². The van der Waals surface area contributed by atoms with E-state index in [1.807, 2.05) is 0 Å². The van der Waals surface area contributed by atoms with Crippen molar-refractivity contribution in [2.75, 3.05) is 5.32 Å². The summed E-state index contributed by atoms with van der Waals surface area (Å²) in [7, 11) is 0.